The van der Waals surface area contributed by atoms with Gasteiger partial charge in [0.05, 0.1) is 6.04 Å². The van der Waals surface area contributed by atoms with E-state index in [-0.39, 0.29) is 5.91 Å². The summed E-state index contributed by atoms with van der Waals surface area (Å²) in [5, 5.41) is 3.11. The van der Waals surface area contributed by atoms with Crippen LogP contribution in [0.15, 0.2) is 0 Å². The number of methoxy groups -OCH3 is 1. The molecule has 0 bridgehead atoms. The third-order valence-corrected chi connectivity index (χ3v) is 3.96. The van der Waals surface area contributed by atoms with Crippen LogP contribution in [0.2, 0.25) is 0 Å². The predicted molar refractivity (Wildman–Crippen MR) is 73.2 cm³/mol. The Morgan fingerprint density at radius 1 is 1.44 bits per heavy atom. The first kappa shape index (κ1) is 15.4. The monoisotopic (exact) mass is 256 g/mol. The van der Waals surface area contributed by atoms with Gasteiger partial charge in [0, 0.05) is 19.8 Å². The number of ether oxygens (including phenoxy) is 1. The van der Waals surface area contributed by atoms with E-state index in [2.05, 4.69) is 19.2 Å². The molecule has 1 rings (SSSR count). The number of rotatable bonds is 6. The van der Waals surface area contributed by atoms with Crippen molar-refractivity contribution in [2.24, 2.45) is 17.6 Å². The highest BCUT2D eigenvalue weighted by molar-refractivity contribution is 5.81. The van der Waals surface area contributed by atoms with Crippen molar-refractivity contribution in [3.05, 3.63) is 0 Å². The molecule has 0 spiro atoms. The molecule has 0 heterocycles. The van der Waals surface area contributed by atoms with Crippen LogP contribution >= 0.6 is 0 Å². The van der Waals surface area contributed by atoms with Crippen LogP contribution in [0.4, 0.5) is 0 Å². The van der Waals surface area contributed by atoms with Crippen molar-refractivity contribution in [3.63, 3.8) is 0 Å². The van der Waals surface area contributed by atoms with E-state index >= 15 is 0 Å². The SMILES string of the molecule is COCCCC(N)C(=O)NC1CCC(C)CC1C. The van der Waals surface area contributed by atoms with Gasteiger partial charge in [-0.3, -0.25) is 4.79 Å². The minimum absolute atomic E-state index is 0.00231. The summed E-state index contributed by atoms with van der Waals surface area (Å²) in [6, 6.07) is -0.0890. The van der Waals surface area contributed by atoms with Crippen LogP contribution in [0, 0.1) is 11.8 Å². The second-order valence-corrected chi connectivity index (χ2v) is 5.75. The lowest BCUT2D eigenvalue weighted by molar-refractivity contribution is -0.123. The van der Waals surface area contributed by atoms with Crippen LogP contribution in [-0.2, 0) is 9.53 Å². The summed E-state index contributed by atoms with van der Waals surface area (Å²) < 4.78 is 4.96. The molecular formula is C14H28N2O2. The van der Waals surface area contributed by atoms with Crippen molar-refractivity contribution in [2.45, 2.75) is 58.0 Å². The first-order valence-electron chi connectivity index (χ1n) is 7.09. The summed E-state index contributed by atoms with van der Waals surface area (Å²) in [5.41, 5.74) is 5.88. The average Bonchev–Trinajstić information content (AvgIpc) is 2.32. The smallest absolute Gasteiger partial charge is 0.237 e. The van der Waals surface area contributed by atoms with Crippen LogP contribution in [-0.4, -0.2) is 31.7 Å². The van der Waals surface area contributed by atoms with E-state index in [1.54, 1.807) is 7.11 Å². The van der Waals surface area contributed by atoms with E-state index in [0.29, 0.717) is 25.0 Å². The highest BCUT2D eigenvalue weighted by Crippen LogP contribution is 2.28. The van der Waals surface area contributed by atoms with Gasteiger partial charge in [0.15, 0.2) is 0 Å². The summed E-state index contributed by atoms with van der Waals surface area (Å²) in [4.78, 5) is 12.0. The van der Waals surface area contributed by atoms with Crippen LogP contribution in [0.5, 0.6) is 0 Å². The molecule has 0 aromatic carbocycles. The summed E-state index contributed by atoms with van der Waals surface area (Å²) in [6.07, 6.45) is 5.01. The van der Waals surface area contributed by atoms with Crippen LogP contribution in [0.3, 0.4) is 0 Å². The standard InChI is InChI=1S/C14H28N2O2/c1-10-6-7-13(11(2)9-10)16-14(17)12(15)5-4-8-18-3/h10-13H,4-9,15H2,1-3H3,(H,16,17). The maximum Gasteiger partial charge on any atom is 0.237 e. The van der Waals surface area contributed by atoms with E-state index < -0.39 is 6.04 Å². The Labute approximate surface area is 111 Å². The largest absolute Gasteiger partial charge is 0.385 e. The van der Waals surface area contributed by atoms with Crippen molar-refractivity contribution in [2.75, 3.05) is 13.7 Å². The zero-order valence-electron chi connectivity index (χ0n) is 11.9. The van der Waals surface area contributed by atoms with E-state index in [1.165, 1.54) is 12.8 Å². The third-order valence-electron chi connectivity index (χ3n) is 3.96. The molecule has 1 aliphatic rings. The Bertz CT molecular complexity index is 258. The van der Waals surface area contributed by atoms with Gasteiger partial charge in [0.2, 0.25) is 5.91 Å². The van der Waals surface area contributed by atoms with E-state index in [0.717, 1.165) is 18.8 Å². The highest BCUT2D eigenvalue weighted by Gasteiger charge is 2.27. The van der Waals surface area contributed by atoms with Crippen molar-refractivity contribution < 1.29 is 9.53 Å². The molecule has 4 unspecified atom stereocenters. The van der Waals surface area contributed by atoms with Crippen molar-refractivity contribution in [3.8, 4) is 0 Å². The Morgan fingerprint density at radius 3 is 2.78 bits per heavy atom. The lowest BCUT2D eigenvalue weighted by atomic mass is 9.80. The van der Waals surface area contributed by atoms with Crippen LogP contribution in [0.25, 0.3) is 0 Å². The quantitative estimate of drug-likeness (QED) is 0.711. The fourth-order valence-corrected chi connectivity index (χ4v) is 2.75. The van der Waals surface area contributed by atoms with Gasteiger partial charge < -0.3 is 15.8 Å². The molecule has 1 saturated carbocycles. The Kier molecular flexibility index (Phi) is 6.65. The maximum atomic E-state index is 12.0. The number of hydrogen-bond acceptors (Lipinski definition) is 3. The maximum absolute atomic E-state index is 12.0. The summed E-state index contributed by atoms with van der Waals surface area (Å²) in [7, 11) is 1.66. The van der Waals surface area contributed by atoms with Crippen molar-refractivity contribution in [1.29, 1.82) is 0 Å². The molecule has 1 aliphatic carbocycles. The lowest BCUT2D eigenvalue weighted by Gasteiger charge is -2.33. The molecule has 3 N–H and O–H groups in total. The van der Waals surface area contributed by atoms with Gasteiger partial charge in [-0.1, -0.05) is 13.8 Å². The molecular weight excluding hydrogens is 228 g/mol. The first-order chi connectivity index (χ1) is 8.54. The van der Waals surface area contributed by atoms with E-state index in [4.69, 9.17) is 10.5 Å². The van der Waals surface area contributed by atoms with Crippen molar-refractivity contribution >= 4 is 5.91 Å². The molecule has 0 aromatic rings. The first-order valence-corrected chi connectivity index (χ1v) is 7.09. The van der Waals surface area contributed by atoms with Gasteiger partial charge in [0.25, 0.3) is 0 Å². The molecule has 4 nitrogen and oxygen atoms in total. The number of carbonyl (C=O) groups excluding carboxylic acids is 1. The van der Waals surface area contributed by atoms with Crippen LogP contribution in [0.1, 0.15) is 46.0 Å². The van der Waals surface area contributed by atoms with Gasteiger partial charge in [-0.25, -0.2) is 0 Å². The number of nitrogens with two attached hydrogens (primary N) is 1. The molecule has 0 aromatic heterocycles. The van der Waals surface area contributed by atoms with E-state index in [9.17, 15) is 4.79 Å². The van der Waals surface area contributed by atoms with Crippen molar-refractivity contribution in [1.82, 2.24) is 5.32 Å². The summed E-state index contributed by atoms with van der Waals surface area (Å²) in [5.74, 6) is 1.34. The zero-order valence-corrected chi connectivity index (χ0v) is 11.9. The van der Waals surface area contributed by atoms with Gasteiger partial charge in [-0.15, -0.1) is 0 Å². The fourth-order valence-electron chi connectivity index (χ4n) is 2.75. The molecule has 0 aliphatic heterocycles. The second kappa shape index (κ2) is 7.74. The van der Waals surface area contributed by atoms with Gasteiger partial charge in [-0.05, 0) is 43.9 Å². The fraction of sp³-hybridized carbons (Fsp3) is 0.929. The number of amides is 1. The Morgan fingerprint density at radius 2 is 2.17 bits per heavy atom. The predicted octanol–water partition coefficient (Wildman–Crippen LogP) is 1.68. The van der Waals surface area contributed by atoms with E-state index in [1.807, 2.05) is 0 Å². The third kappa shape index (κ3) is 4.94. The number of carbonyl (C=O) groups is 1. The minimum atomic E-state index is -0.397. The van der Waals surface area contributed by atoms with Gasteiger partial charge in [0.1, 0.15) is 0 Å². The second-order valence-electron chi connectivity index (χ2n) is 5.75. The van der Waals surface area contributed by atoms with Crippen LogP contribution < -0.4 is 11.1 Å². The normalized spacial score (nSPS) is 29.9. The Balaban J connectivity index is 2.30. The van der Waals surface area contributed by atoms with Gasteiger partial charge >= 0.3 is 0 Å². The zero-order chi connectivity index (χ0) is 13.5. The molecule has 4 heteroatoms. The molecule has 4 atom stereocenters. The van der Waals surface area contributed by atoms with Gasteiger partial charge in [-0.2, -0.15) is 0 Å². The molecule has 106 valence electrons. The summed E-state index contributed by atoms with van der Waals surface area (Å²) >= 11 is 0. The minimum Gasteiger partial charge on any atom is -0.385 e. The molecule has 0 radical (unpaired) electrons. The lowest BCUT2D eigenvalue weighted by Crippen LogP contribution is -2.49. The topological polar surface area (TPSA) is 64.3 Å². The number of nitrogens with one attached hydrogen (secondary N) is 1. The molecule has 1 fully saturated rings. The molecule has 18 heavy (non-hydrogen) atoms. The Hall–Kier alpha value is -0.610. The molecule has 0 saturated heterocycles. The highest BCUT2D eigenvalue weighted by atomic mass is 16.5. The average molecular weight is 256 g/mol. The summed E-state index contributed by atoms with van der Waals surface area (Å²) in [6.45, 7) is 5.17. The molecule has 1 amide bonds. The number of hydrogen-bond donors (Lipinski definition) is 2.